The van der Waals surface area contributed by atoms with Gasteiger partial charge >= 0.3 is 0 Å². The number of nitrogens with zero attached hydrogens (tertiary/aromatic N) is 1. The Morgan fingerprint density at radius 2 is 1.70 bits per heavy atom. The number of ether oxygens (including phenoxy) is 1. The molecule has 2 aromatic rings. The van der Waals surface area contributed by atoms with Crippen molar-refractivity contribution in [2.45, 2.75) is 25.7 Å². The number of allylic oxidation sites excluding steroid dienone is 6. The van der Waals surface area contributed by atoms with E-state index in [0.29, 0.717) is 40.1 Å². The number of methoxy groups -OCH3 is 1. The molecular weight excluding hydrogens is 470 g/mol. The summed E-state index contributed by atoms with van der Waals surface area (Å²) in [6.45, 7) is 1.61. The summed E-state index contributed by atoms with van der Waals surface area (Å²) >= 11 is 0. The molecule has 1 N–H and O–H groups in total. The predicted octanol–water partition coefficient (Wildman–Crippen LogP) is 4.03. The van der Waals surface area contributed by atoms with Gasteiger partial charge in [-0.1, -0.05) is 35.9 Å². The molecule has 1 fully saturated rings. The Morgan fingerprint density at radius 1 is 0.946 bits per heavy atom. The molecule has 3 aliphatic carbocycles. The zero-order valence-electron chi connectivity index (χ0n) is 20.4. The lowest BCUT2D eigenvalue weighted by molar-refractivity contribution is -0.123. The van der Waals surface area contributed by atoms with Crippen LogP contribution < -0.4 is 9.64 Å². The molecule has 4 atom stereocenters. The molecule has 2 amide bonds. The van der Waals surface area contributed by atoms with Crippen LogP contribution in [0.1, 0.15) is 31.2 Å². The summed E-state index contributed by atoms with van der Waals surface area (Å²) in [7, 11) is 1.48. The molecule has 4 aliphatic rings. The molecule has 0 bridgehead atoms. The SMILES string of the molecule is COc1cccc(O)c1[C@H]1C2=CC[C@@H]3C(=O)N(c4ccccc4)C(=O)[C@@H]3[C@@H]2CC2=C1C(=O)C=C(C)C2=O. The summed E-state index contributed by atoms with van der Waals surface area (Å²) in [6, 6.07) is 13.7. The lowest BCUT2D eigenvalue weighted by Crippen LogP contribution is -2.40. The molecule has 0 saturated carbocycles. The number of ketones is 2. The van der Waals surface area contributed by atoms with Crippen LogP contribution in [0.5, 0.6) is 11.5 Å². The quantitative estimate of drug-likeness (QED) is 0.392. The lowest BCUT2D eigenvalue weighted by Gasteiger charge is -2.42. The molecule has 37 heavy (non-hydrogen) atoms. The molecule has 2 aromatic carbocycles. The van der Waals surface area contributed by atoms with Crippen LogP contribution in [0.3, 0.4) is 0 Å². The molecule has 1 heterocycles. The van der Waals surface area contributed by atoms with Gasteiger partial charge in [-0.3, -0.25) is 24.1 Å². The third-order valence-electron chi connectivity index (χ3n) is 8.13. The van der Waals surface area contributed by atoms with Crippen LogP contribution in [-0.2, 0) is 19.2 Å². The summed E-state index contributed by atoms with van der Waals surface area (Å²) in [6.07, 6.45) is 3.78. The summed E-state index contributed by atoms with van der Waals surface area (Å²) < 4.78 is 5.57. The number of rotatable bonds is 3. The Balaban J connectivity index is 1.54. The van der Waals surface area contributed by atoms with E-state index in [1.165, 1.54) is 24.2 Å². The maximum Gasteiger partial charge on any atom is 0.238 e. The second-order valence-corrected chi connectivity index (χ2v) is 9.97. The number of carbonyl (C=O) groups is 4. The van der Waals surface area contributed by atoms with E-state index in [-0.39, 0.29) is 35.6 Å². The summed E-state index contributed by atoms with van der Waals surface area (Å²) in [5, 5.41) is 11.0. The number of imide groups is 1. The fourth-order valence-electron chi connectivity index (χ4n) is 6.55. The van der Waals surface area contributed by atoms with Crippen LogP contribution in [0.25, 0.3) is 0 Å². The number of Topliss-reactive ketones (excluding diaryl/α,β-unsaturated/α-hetero) is 1. The third-order valence-corrected chi connectivity index (χ3v) is 8.13. The van der Waals surface area contributed by atoms with Crippen molar-refractivity contribution in [1.29, 1.82) is 0 Å². The maximum absolute atomic E-state index is 13.8. The highest BCUT2D eigenvalue weighted by atomic mass is 16.5. The highest BCUT2D eigenvalue weighted by Gasteiger charge is 2.57. The lowest BCUT2D eigenvalue weighted by atomic mass is 9.59. The van der Waals surface area contributed by atoms with Gasteiger partial charge in [0.15, 0.2) is 11.6 Å². The van der Waals surface area contributed by atoms with Crippen LogP contribution in [0, 0.1) is 17.8 Å². The standard InChI is InChI=1S/C30H25NO6/c1-15-13-22(33)25-20(28(15)34)14-19-17(26(25)27-21(32)9-6-10-23(27)37-2)11-12-18-24(19)30(36)31(29(18)35)16-7-4-3-5-8-16/h3-11,13,18-19,24,26,32H,12,14H2,1-2H3/t18-,19+,24-,26-/m0/s1. The van der Waals surface area contributed by atoms with Crippen molar-refractivity contribution in [3.05, 3.63) is 88.5 Å². The fourth-order valence-corrected chi connectivity index (χ4v) is 6.55. The zero-order valence-corrected chi connectivity index (χ0v) is 20.4. The Labute approximate surface area is 213 Å². The smallest absolute Gasteiger partial charge is 0.238 e. The molecular formula is C30H25NO6. The van der Waals surface area contributed by atoms with E-state index in [0.717, 1.165) is 5.57 Å². The largest absolute Gasteiger partial charge is 0.507 e. The first-order valence-electron chi connectivity index (χ1n) is 12.3. The first kappa shape index (κ1) is 23.2. The molecule has 1 aliphatic heterocycles. The van der Waals surface area contributed by atoms with E-state index in [1.54, 1.807) is 43.3 Å². The first-order valence-corrected chi connectivity index (χ1v) is 12.3. The van der Waals surface area contributed by atoms with Crippen molar-refractivity contribution in [2.24, 2.45) is 17.8 Å². The molecule has 1 saturated heterocycles. The Kier molecular flexibility index (Phi) is 5.26. The Hall–Kier alpha value is -4.26. The van der Waals surface area contributed by atoms with Gasteiger partial charge in [-0.25, -0.2) is 0 Å². The topological polar surface area (TPSA) is 101 Å². The van der Waals surface area contributed by atoms with Gasteiger partial charge < -0.3 is 9.84 Å². The van der Waals surface area contributed by atoms with E-state index in [9.17, 15) is 24.3 Å². The molecule has 0 aromatic heterocycles. The van der Waals surface area contributed by atoms with E-state index < -0.39 is 23.7 Å². The number of fused-ring (bicyclic) bond motifs is 3. The summed E-state index contributed by atoms with van der Waals surface area (Å²) in [4.78, 5) is 55.3. The van der Waals surface area contributed by atoms with E-state index >= 15 is 0 Å². The highest BCUT2D eigenvalue weighted by molar-refractivity contribution is 6.25. The Bertz CT molecular complexity index is 1480. The van der Waals surface area contributed by atoms with Crippen LogP contribution in [0.4, 0.5) is 5.69 Å². The van der Waals surface area contributed by atoms with Gasteiger partial charge in [-0.05, 0) is 56.0 Å². The minimum absolute atomic E-state index is 0.0638. The van der Waals surface area contributed by atoms with Gasteiger partial charge in [0.1, 0.15) is 11.5 Å². The third kappa shape index (κ3) is 3.26. The summed E-state index contributed by atoms with van der Waals surface area (Å²) in [5.41, 5.74) is 2.68. The predicted molar refractivity (Wildman–Crippen MR) is 135 cm³/mol. The molecule has 0 spiro atoms. The van der Waals surface area contributed by atoms with Crippen molar-refractivity contribution in [3.8, 4) is 11.5 Å². The van der Waals surface area contributed by atoms with Crippen LogP contribution in [-0.4, -0.2) is 35.6 Å². The number of phenolic OH excluding ortho intramolecular Hbond substituents is 1. The van der Waals surface area contributed by atoms with Gasteiger partial charge in [-0.2, -0.15) is 0 Å². The monoisotopic (exact) mass is 495 g/mol. The molecule has 7 nitrogen and oxygen atoms in total. The van der Waals surface area contributed by atoms with Gasteiger partial charge in [-0.15, -0.1) is 0 Å². The average Bonchev–Trinajstić information content (AvgIpc) is 3.16. The van der Waals surface area contributed by atoms with Crippen LogP contribution in [0.15, 0.2) is 83.0 Å². The number of carbonyl (C=O) groups excluding carboxylic acids is 4. The fraction of sp³-hybridized carbons (Fsp3) is 0.267. The first-order chi connectivity index (χ1) is 17.8. The van der Waals surface area contributed by atoms with Crippen LogP contribution >= 0.6 is 0 Å². The molecule has 0 radical (unpaired) electrons. The Morgan fingerprint density at radius 3 is 2.43 bits per heavy atom. The number of amides is 2. The average molecular weight is 496 g/mol. The van der Waals surface area contributed by atoms with Crippen molar-refractivity contribution in [2.75, 3.05) is 12.0 Å². The van der Waals surface area contributed by atoms with Gasteiger partial charge in [0.25, 0.3) is 0 Å². The molecule has 186 valence electrons. The number of benzene rings is 2. The number of phenols is 1. The van der Waals surface area contributed by atoms with E-state index in [1.807, 2.05) is 12.1 Å². The van der Waals surface area contributed by atoms with Crippen molar-refractivity contribution in [3.63, 3.8) is 0 Å². The molecule has 7 heteroatoms. The number of para-hydroxylation sites is 1. The highest BCUT2D eigenvalue weighted by Crippen LogP contribution is 2.57. The van der Waals surface area contributed by atoms with E-state index in [4.69, 9.17) is 4.74 Å². The van der Waals surface area contributed by atoms with Gasteiger partial charge in [0, 0.05) is 28.2 Å². The molecule has 0 unspecified atom stereocenters. The number of aromatic hydroxyl groups is 1. The normalized spacial score (nSPS) is 26.9. The summed E-state index contributed by atoms with van der Waals surface area (Å²) in [5.74, 6) is -3.23. The second kappa shape index (κ2) is 8.40. The number of hydrogen-bond donors (Lipinski definition) is 1. The minimum Gasteiger partial charge on any atom is -0.507 e. The number of anilines is 1. The van der Waals surface area contributed by atoms with Gasteiger partial charge in [0.05, 0.1) is 24.6 Å². The number of hydrogen-bond acceptors (Lipinski definition) is 6. The van der Waals surface area contributed by atoms with Crippen molar-refractivity contribution >= 4 is 29.1 Å². The van der Waals surface area contributed by atoms with Crippen molar-refractivity contribution < 1.29 is 29.0 Å². The minimum atomic E-state index is -0.764. The van der Waals surface area contributed by atoms with Gasteiger partial charge in [0.2, 0.25) is 11.8 Å². The maximum atomic E-state index is 13.8. The van der Waals surface area contributed by atoms with E-state index in [2.05, 4.69) is 0 Å². The van der Waals surface area contributed by atoms with Crippen LogP contribution in [0.2, 0.25) is 0 Å². The second-order valence-electron chi connectivity index (χ2n) is 9.97. The molecule has 6 rings (SSSR count). The van der Waals surface area contributed by atoms with Crippen molar-refractivity contribution in [1.82, 2.24) is 0 Å². The zero-order chi connectivity index (χ0) is 26.0.